The number of benzene rings is 1. The van der Waals surface area contributed by atoms with Crippen LogP contribution in [0.4, 0.5) is 9.59 Å². The molecule has 3 heterocycles. The number of hydrogen-bond acceptors (Lipinski definition) is 4. The van der Waals surface area contributed by atoms with Crippen LogP contribution in [0.3, 0.4) is 0 Å². The molecule has 1 unspecified atom stereocenters. The largest absolute Gasteiger partial charge is 0.494 e. The molecule has 0 radical (unpaired) electrons. The number of hydrogen-bond donors (Lipinski definition) is 4. The van der Waals surface area contributed by atoms with Crippen molar-refractivity contribution in [2.24, 2.45) is 5.92 Å². The zero-order chi connectivity index (χ0) is 20.6. The van der Waals surface area contributed by atoms with Gasteiger partial charge < -0.3 is 25.2 Å². The van der Waals surface area contributed by atoms with E-state index in [9.17, 15) is 19.5 Å². The van der Waals surface area contributed by atoms with Crippen molar-refractivity contribution in [3.05, 3.63) is 30.5 Å². The maximum Gasteiger partial charge on any atom is 0.322 e. The number of amides is 5. The fraction of sp³-hybridized carbons (Fsp3) is 0.450. The first kappa shape index (κ1) is 19.1. The van der Waals surface area contributed by atoms with E-state index in [1.54, 1.807) is 15.7 Å². The van der Waals surface area contributed by atoms with Crippen molar-refractivity contribution in [1.82, 2.24) is 25.4 Å². The molecule has 9 nitrogen and oxygen atoms in total. The van der Waals surface area contributed by atoms with E-state index in [1.807, 2.05) is 31.2 Å². The van der Waals surface area contributed by atoms with Crippen molar-refractivity contribution in [3.8, 4) is 5.88 Å². The third-order valence-corrected chi connectivity index (χ3v) is 5.96. The maximum atomic E-state index is 12.9. The van der Waals surface area contributed by atoms with Crippen LogP contribution in [0.1, 0.15) is 19.8 Å². The summed E-state index contributed by atoms with van der Waals surface area (Å²) in [5.41, 5.74) is -1.17. The first-order valence-corrected chi connectivity index (χ1v) is 9.88. The Labute approximate surface area is 168 Å². The molecule has 2 aliphatic rings. The average molecular weight is 399 g/mol. The van der Waals surface area contributed by atoms with Crippen molar-refractivity contribution in [2.75, 3.05) is 19.6 Å². The van der Waals surface area contributed by atoms with Gasteiger partial charge in [-0.05, 0) is 31.7 Å². The van der Waals surface area contributed by atoms with Crippen LogP contribution in [0.15, 0.2) is 30.5 Å². The molecule has 1 atom stereocenters. The number of aromatic nitrogens is 1. The molecule has 154 valence electrons. The molecule has 2 aliphatic heterocycles. The Kier molecular flexibility index (Phi) is 4.81. The van der Waals surface area contributed by atoms with Crippen LogP contribution >= 0.6 is 0 Å². The fourth-order valence-corrected chi connectivity index (χ4v) is 4.46. The number of imide groups is 1. The highest BCUT2D eigenvalue weighted by Gasteiger charge is 2.53. The van der Waals surface area contributed by atoms with E-state index in [-0.39, 0.29) is 24.4 Å². The predicted octanol–water partition coefficient (Wildman–Crippen LogP) is 1.37. The van der Waals surface area contributed by atoms with E-state index in [4.69, 9.17) is 0 Å². The molecule has 0 aliphatic carbocycles. The molecule has 5 amide bonds. The second-order valence-corrected chi connectivity index (χ2v) is 7.64. The lowest BCUT2D eigenvalue weighted by Crippen LogP contribution is -2.59. The van der Waals surface area contributed by atoms with Crippen LogP contribution in [-0.4, -0.2) is 57.7 Å². The van der Waals surface area contributed by atoms with Crippen LogP contribution < -0.4 is 16.0 Å². The van der Waals surface area contributed by atoms with Gasteiger partial charge in [0.25, 0.3) is 5.91 Å². The zero-order valence-electron chi connectivity index (χ0n) is 16.3. The van der Waals surface area contributed by atoms with Crippen LogP contribution in [0, 0.1) is 5.92 Å². The molecule has 1 aromatic heterocycles. The Morgan fingerprint density at radius 1 is 1.28 bits per heavy atom. The van der Waals surface area contributed by atoms with Gasteiger partial charge >= 0.3 is 12.1 Å². The first-order valence-electron chi connectivity index (χ1n) is 9.88. The van der Waals surface area contributed by atoms with Gasteiger partial charge in [0.1, 0.15) is 5.54 Å². The third kappa shape index (κ3) is 3.26. The van der Waals surface area contributed by atoms with Gasteiger partial charge in [0, 0.05) is 36.6 Å². The smallest absolute Gasteiger partial charge is 0.322 e. The van der Waals surface area contributed by atoms with Crippen LogP contribution in [0.2, 0.25) is 0 Å². The van der Waals surface area contributed by atoms with Crippen LogP contribution in [-0.2, 0) is 11.3 Å². The molecule has 4 rings (SSSR count). The number of likely N-dealkylation sites (tertiary alicyclic amines) is 1. The predicted molar refractivity (Wildman–Crippen MR) is 106 cm³/mol. The lowest BCUT2D eigenvalue weighted by Gasteiger charge is -2.40. The summed E-state index contributed by atoms with van der Waals surface area (Å²) in [5.74, 6) is -0.491. The Morgan fingerprint density at radius 2 is 2.00 bits per heavy atom. The number of fused-ring (bicyclic) bond motifs is 1. The van der Waals surface area contributed by atoms with Gasteiger partial charge in [0.2, 0.25) is 0 Å². The lowest BCUT2D eigenvalue weighted by molar-refractivity contribution is -0.127. The van der Waals surface area contributed by atoms with E-state index < -0.39 is 17.5 Å². The Hall–Kier alpha value is -3.23. The summed E-state index contributed by atoms with van der Waals surface area (Å²) in [6.45, 7) is 3.55. The van der Waals surface area contributed by atoms with Gasteiger partial charge in [0.05, 0.1) is 6.54 Å². The average Bonchev–Trinajstić information content (AvgIpc) is 3.18. The van der Waals surface area contributed by atoms with E-state index in [1.165, 1.54) is 0 Å². The fourth-order valence-electron chi connectivity index (χ4n) is 4.46. The molecular formula is C20H25N5O4. The summed E-state index contributed by atoms with van der Waals surface area (Å²) < 4.78 is 1.62. The molecule has 2 aromatic rings. The SMILES string of the molecule is CCNC(=O)N1CCC(C2(Cn3cc4ccccc4c3O)NC(=O)NC2=O)CC1. The number of rotatable bonds is 4. The quantitative estimate of drug-likeness (QED) is 0.581. The monoisotopic (exact) mass is 399 g/mol. The number of carbonyl (C=O) groups is 3. The van der Waals surface area contributed by atoms with Crippen molar-refractivity contribution >= 4 is 28.7 Å². The topological polar surface area (TPSA) is 116 Å². The lowest BCUT2D eigenvalue weighted by atomic mass is 9.77. The minimum atomic E-state index is -1.17. The second kappa shape index (κ2) is 7.31. The van der Waals surface area contributed by atoms with Gasteiger partial charge in [0.15, 0.2) is 5.88 Å². The van der Waals surface area contributed by atoms with Crippen molar-refractivity contribution in [2.45, 2.75) is 31.8 Å². The van der Waals surface area contributed by atoms with Gasteiger partial charge in [-0.2, -0.15) is 0 Å². The Balaban J connectivity index is 1.61. The standard InChI is InChI=1S/C20H25N5O4/c1-2-21-19(29)24-9-7-14(8-10-24)20(17(27)22-18(28)23-20)12-25-11-13-5-3-4-6-15(13)16(25)26/h3-6,11,14,26H,2,7-10,12H2,1H3,(H,21,29)(H2,22,23,27,28). The number of nitrogens with one attached hydrogen (secondary N) is 3. The normalized spacial score (nSPS) is 22.6. The van der Waals surface area contributed by atoms with E-state index in [2.05, 4.69) is 16.0 Å². The molecule has 2 saturated heterocycles. The molecule has 29 heavy (non-hydrogen) atoms. The van der Waals surface area contributed by atoms with Crippen molar-refractivity contribution in [3.63, 3.8) is 0 Å². The zero-order valence-corrected chi connectivity index (χ0v) is 16.3. The van der Waals surface area contributed by atoms with E-state index in [0.29, 0.717) is 37.9 Å². The molecule has 1 aromatic carbocycles. The molecule has 0 bridgehead atoms. The van der Waals surface area contributed by atoms with Crippen molar-refractivity contribution in [1.29, 1.82) is 0 Å². The number of piperidine rings is 1. The van der Waals surface area contributed by atoms with Gasteiger partial charge in [-0.25, -0.2) is 9.59 Å². The summed E-state index contributed by atoms with van der Waals surface area (Å²) in [7, 11) is 0. The first-order chi connectivity index (χ1) is 13.9. The Bertz CT molecular complexity index is 963. The number of carbonyl (C=O) groups excluding carboxylic acids is 3. The summed E-state index contributed by atoms with van der Waals surface area (Å²) in [5, 5.41) is 20.2. The Morgan fingerprint density at radius 3 is 2.62 bits per heavy atom. The second-order valence-electron chi connectivity index (χ2n) is 7.64. The van der Waals surface area contributed by atoms with Gasteiger partial charge in [-0.1, -0.05) is 18.2 Å². The molecule has 0 spiro atoms. The van der Waals surface area contributed by atoms with Crippen LogP contribution in [0.25, 0.3) is 10.8 Å². The summed E-state index contributed by atoms with van der Waals surface area (Å²) in [4.78, 5) is 38.7. The number of urea groups is 2. The summed E-state index contributed by atoms with van der Waals surface area (Å²) in [6.07, 6.45) is 2.94. The minimum Gasteiger partial charge on any atom is -0.494 e. The summed E-state index contributed by atoms with van der Waals surface area (Å²) in [6, 6.07) is 6.76. The third-order valence-electron chi connectivity index (χ3n) is 5.96. The highest BCUT2D eigenvalue weighted by Crippen LogP contribution is 2.35. The van der Waals surface area contributed by atoms with Gasteiger partial charge in [-0.3, -0.25) is 10.1 Å². The highest BCUT2D eigenvalue weighted by atomic mass is 16.3. The van der Waals surface area contributed by atoms with Crippen LogP contribution in [0.5, 0.6) is 5.88 Å². The number of aromatic hydroxyl groups is 1. The highest BCUT2D eigenvalue weighted by molar-refractivity contribution is 6.07. The molecule has 9 heteroatoms. The summed E-state index contributed by atoms with van der Waals surface area (Å²) >= 11 is 0. The van der Waals surface area contributed by atoms with E-state index in [0.717, 1.165) is 5.39 Å². The van der Waals surface area contributed by atoms with E-state index >= 15 is 0 Å². The minimum absolute atomic E-state index is 0.0636. The van der Waals surface area contributed by atoms with Gasteiger partial charge in [-0.15, -0.1) is 0 Å². The molecule has 2 fully saturated rings. The van der Waals surface area contributed by atoms with Crippen molar-refractivity contribution < 1.29 is 19.5 Å². The molecular weight excluding hydrogens is 374 g/mol. The maximum absolute atomic E-state index is 12.9. The molecule has 0 saturated carbocycles. The molecule has 4 N–H and O–H groups in total. The number of nitrogens with zero attached hydrogens (tertiary/aromatic N) is 2.